The number of benzene rings is 1. The van der Waals surface area contributed by atoms with Gasteiger partial charge < -0.3 is 4.74 Å². The smallest absolute Gasteiger partial charge is 0.338 e. The average molecular weight is 234 g/mol. The van der Waals surface area contributed by atoms with Crippen LogP contribution >= 0.6 is 0 Å². The van der Waals surface area contributed by atoms with E-state index >= 15 is 0 Å². The number of ether oxygens (including phenoxy) is 1. The van der Waals surface area contributed by atoms with Crippen molar-refractivity contribution in [2.24, 2.45) is 0 Å². The highest BCUT2D eigenvalue weighted by atomic mass is 16.5. The summed E-state index contributed by atoms with van der Waals surface area (Å²) in [5, 5.41) is 0. The number of carbonyl (C=O) groups excluding carboxylic acids is 1. The summed E-state index contributed by atoms with van der Waals surface area (Å²) < 4.78 is 5.20. The minimum absolute atomic E-state index is 0.0553. The van der Waals surface area contributed by atoms with Crippen LogP contribution in [-0.4, -0.2) is 12.6 Å². The molecule has 0 unspecified atom stereocenters. The Morgan fingerprint density at radius 3 is 2.59 bits per heavy atom. The number of esters is 1. The first-order valence-electron chi connectivity index (χ1n) is 6.23. The van der Waals surface area contributed by atoms with E-state index in [2.05, 4.69) is 27.7 Å². The lowest BCUT2D eigenvalue weighted by molar-refractivity contribution is 0.0499. The Bertz CT molecular complexity index is 375. The standard InChI is InChI=1S/C15H22O2/c1-5-6-10-17-14(16)12-8-7-9-13(11-12)15(2,3)4/h7-9,11H,5-6,10H2,1-4H3. The molecule has 1 aromatic rings. The highest BCUT2D eigenvalue weighted by Gasteiger charge is 2.15. The van der Waals surface area contributed by atoms with Crippen LogP contribution in [0.2, 0.25) is 0 Å². The van der Waals surface area contributed by atoms with Gasteiger partial charge in [-0.2, -0.15) is 0 Å². The average Bonchev–Trinajstić information content (AvgIpc) is 2.28. The highest BCUT2D eigenvalue weighted by Crippen LogP contribution is 2.23. The fourth-order valence-corrected chi connectivity index (χ4v) is 1.51. The van der Waals surface area contributed by atoms with Gasteiger partial charge >= 0.3 is 5.97 Å². The molecule has 0 bridgehead atoms. The fourth-order valence-electron chi connectivity index (χ4n) is 1.51. The third kappa shape index (κ3) is 4.22. The second-order valence-corrected chi connectivity index (χ2v) is 5.32. The Morgan fingerprint density at radius 1 is 1.29 bits per heavy atom. The van der Waals surface area contributed by atoms with Crippen LogP contribution in [0.15, 0.2) is 24.3 Å². The zero-order chi connectivity index (χ0) is 12.9. The summed E-state index contributed by atoms with van der Waals surface area (Å²) in [6.07, 6.45) is 1.96. The minimum Gasteiger partial charge on any atom is -0.462 e. The van der Waals surface area contributed by atoms with Crippen LogP contribution in [0.5, 0.6) is 0 Å². The normalized spacial score (nSPS) is 11.3. The molecule has 94 valence electrons. The van der Waals surface area contributed by atoms with Crippen LogP contribution in [0.4, 0.5) is 0 Å². The van der Waals surface area contributed by atoms with Crippen LogP contribution in [0, 0.1) is 0 Å². The summed E-state index contributed by atoms with van der Waals surface area (Å²) in [4.78, 5) is 11.8. The molecule has 2 nitrogen and oxygen atoms in total. The number of unbranched alkanes of at least 4 members (excludes halogenated alkanes) is 1. The number of rotatable bonds is 4. The number of carbonyl (C=O) groups is 1. The predicted octanol–water partition coefficient (Wildman–Crippen LogP) is 3.94. The highest BCUT2D eigenvalue weighted by molar-refractivity contribution is 5.89. The van der Waals surface area contributed by atoms with E-state index < -0.39 is 0 Å². The first-order valence-corrected chi connectivity index (χ1v) is 6.23. The third-order valence-corrected chi connectivity index (χ3v) is 2.70. The summed E-state index contributed by atoms with van der Waals surface area (Å²) in [5.74, 6) is -0.218. The number of hydrogen-bond acceptors (Lipinski definition) is 2. The number of hydrogen-bond donors (Lipinski definition) is 0. The van der Waals surface area contributed by atoms with Crippen molar-refractivity contribution in [3.8, 4) is 0 Å². The maximum Gasteiger partial charge on any atom is 0.338 e. The van der Waals surface area contributed by atoms with E-state index in [0.29, 0.717) is 12.2 Å². The van der Waals surface area contributed by atoms with Gasteiger partial charge in [-0.3, -0.25) is 0 Å². The van der Waals surface area contributed by atoms with Crippen molar-refractivity contribution < 1.29 is 9.53 Å². The van der Waals surface area contributed by atoms with Crippen molar-refractivity contribution >= 4 is 5.97 Å². The molecule has 1 aromatic carbocycles. The van der Waals surface area contributed by atoms with Gasteiger partial charge in [0.05, 0.1) is 12.2 Å². The summed E-state index contributed by atoms with van der Waals surface area (Å²) in [5.41, 5.74) is 1.86. The first kappa shape index (κ1) is 13.8. The lowest BCUT2D eigenvalue weighted by Gasteiger charge is -2.19. The Balaban J connectivity index is 2.74. The molecule has 0 radical (unpaired) electrons. The second-order valence-electron chi connectivity index (χ2n) is 5.32. The van der Waals surface area contributed by atoms with Gasteiger partial charge in [0.25, 0.3) is 0 Å². The molecule has 1 rings (SSSR count). The van der Waals surface area contributed by atoms with Crippen molar-refractivity contribution in [3.05, 3.63) is 35.4 Å². The van der Waals surface area contributed by atoms with Gasteiger partial charge in [-0.05, 0) is 29.5 Å². The Kier molecular flexibility index (Phi) is 4.73. The van der Waals surface area contributed by atoms with E-state index in [4.69, 9.17) is 4.74 Å². The summed E-state index contributed by atoms with van der Waals surface area (Å²) in [6, 6.07) is 7.69. The lowest BCUT2D eigenvalue weighted by atomic mass is 9.86. The summed E-state index contributed by atoms with van der Waals surface area (Å²) in [7, 11) is 0. The van der Waals surface area contributed by atoms with Crippen molar-refractivity contribution in [3.63, 3.8) is 0 Å². The van der Waals surface area contributed by atoms with Crippen LogP contribution in [0.25, 0.3) is 0 Å². The molecule has 0 heterocycles. The third-order valence-electron chi connectivity index (χ3n) is 2.70. The molecule has 0 saturated heterocycles. The lowest BCUT2D eigenvalue weighted by Crippen LogP contribution is -2.13. The van der Waals surface area contributed by atoms with Crippen LogP contribution < -0.4 is 0 Å². The monoisotopic (exact) mass is 234 g/mol. The zero-order valence-corrected chi connectivity index (χ0v) is 11.2. The largest absolute Gasteiger partial charge is 0.462 e. The Hall–Kier alpha value is -1.31. The van der Waals surface area contributed by atoms with Crippen molar-refractivity contribution in [1.82, 2.24) is 0 Å². The van der Waals surface area contributed by atoms with Gasteiger partial charge in [-0.1, -0.05) is 46.2 Å². The van der Waals surface area contributed by atoms with E-state index in [1.807, 2.05) is 24.3 Å². The molecule has 0 amide bonds. The molecular formula is C15H22O2. The Labute approximate surface area is 104 Å². The van der Waals surface area contributed by atoms with Crippen molar-refractivity contribution in [1.29, 1.82) is 0 Å². The maximum absolute atomic E-state index is 11.8. The van der Waals surface area contributed by atoms with Gasteiger partial charge in [-0.25, -0.2) is 4.79 Å². The van der Waals surface area contributed by atoms with E-state index in [1.54, 1.807) is 0 Å². The molecule has 0 aliphatic carbocycles. The van der Waals surface area contributed by atoms with E-state index in [0.717, 1.165) is 18.4 Å². The molecule has 0 N–H and O–H groups in total. The Morgan fingerprint density at radius 2 is 2.00 bits per heavy atom. The molecule has 0 aromatic heterocycles. The summed E-state index contributed by atoms with van der Waals surface area (Å²) in [6.45, 7) is 8.99. The van der Waals surface area contributed by atoms with Crippen LogP contribution in [-0.2, 0) is 10.2 Å². The molecule has 0 spiro atoms. The maximum atomic E-state index is 11.8. The molecule has 2 heteroatoms. The molecule has 0 atom stereocenters. The van der Waals surface area contributed by atoms with Crippen LogP contribution in [0.3, 0.4) is 0 Å². The SMILES string of the molecule is CCCCOC(=O)c1cccc(C(C)(C)C)c1. The van der Waals surface area contributed by atoms with Crippen LogP contribution in [0.1, 0.15) is 56.5 Å². The second kappa shape index (κ2) is 5.85. The topological polar surface area (TPSA) is 26.3 Å². The van der Waals surface area contributed by atoms with E-state index in [9.17, 15) is 4.79 Å². The van der Waals surface area contributed by atoms with Gasteiger partial charge in [-0.15, -0.1) is 0 Å². The molecular weight excluding hydrogens is 212 g/mol. The minimum atomic E-state index is -0.218. The molecule has 0 aliphatic rings. The van der Waals surface area contributed by atoms with Gasteiger partial charge in [0.1, 0.15) is 0 Å². The van der Waals surface area contributed by atoms with Crippen molar-refractivity contribution in [2.45, 2.75) is 46.0 Å². The zero-order valence-electron chi connectivity index (χ0n) is 11.2. The summed E-state index contributed by atoms with van der Waals surface area (Å²) >= 11 is 0. The molecule has 17 heavy (non-hydrogen) atoms. The molecule has 0 saturated carbocycles. The van der Waals surface area contributed by atoms with Gasteiger partial charge in [0.2, 0.25) is 0 Å². The van der Waals surface area contributed by atoms with E-state index in [-0.39, 0.29) is 11.4 Å². The molecule has 0 aliphatic heterocycles. The van der Waals surface area contributed by atoms with E-state index in [1.165, 1.54) is 0 Å². The quantitative estimate of drug-likeness (QED) is 0.582. The fraction of sp³-hybridized carbons (Fsp3) is 0.533. The predicted molar refractivity (Wildman–Crippen MR) is 70.3 cm³/mol. The van der Waals surface area contributed by atoms with Gasteiger partial charge in [0, 0.05) is 0 Å². The van der Waals surface area contributed by atoms with Crippen molar-refractivity contribution in [2.75, 3.05) is 6.61 Å². The molecule has 0 fully saturated rings. The van der Waals surface area contributed by atoms with Gasteiger partial charge in [0.15, 0.2) is 0 Å². The first-order chi connectivity index (χ1) is 7.95.